The van der Waals surface area contributed by atoms with Gasteiger partial charge in [0.15, 0.2) is 0 Å². The van der Waals surface area contributed by atoms with Crippen LogP contribution in [0.4, 0.5) is 4.79 Å². The van der Waals surface area contributed by atoms with E-state index in [1.807, 2.05) is 0 Å². The van der Waals surface area contributed by atoms with Crippen LogP contribution in [0.15, 0.2) is 24.4 Å². The van der Waals surface area contributed by atoms with E-state index < -0.39 is 24.2 Å². The summed E-state index contributed by atoms with van der Waals surface area (Å²) in [7, 11) is 0. The number of nitrogens with one attached hydrogen (secondary N) is 1. The third-order valence-corrected chi connectivity index (χ3v) is 5.17. The van der Waals surface area contributed by atoms with Crippen LogP contribution in [0, 0.1) is 6.92 Å². The summed E-state index contributed by atoms with van der Waals surface area (Å²) in [6.07, 6.45) is 0.902. The van der Waals surface area contributed by atoms with Crippen LogP contribution in [0.5, 0.6) is 5.88 Å². The van der Waals surface area contributed by atoms with Gasteiger partial charge in [0.25, 0.3) is 0 Å². The lowest BCUT2D eigenvalue weighted by atomic mass is 9.95. The number of alkyl carbamates (subject to hydrolysis) is 1. The number of hydrogen-bond donors (Lipinski definition) is 3. The summed E-state index contributed by atoms with van der Waals surface area (Å²) in [6, 6.07) is 4.98. The Morgan fingerprint density at radius 3 is 2.53 bits per heavy atom. The summed E-state index contributed by atoms with van der Waals surface area (Å²) in [5.41, 5.74) is 1.93. The Labute approximate surface area is 194 Å². The van der Waals surface area contributed by atoms with E-state index in [4.69, 9.17) is 27.9 Å². The highest BCUT2D eigenvalue weighted by molar-refractivity contribution is 6.36. The minimum atomic E-state index is -1.12. The second kappa shape index (κ2) is 8.88. The molecule has 0 spiro atoms. The summed E-state index contributed by atoms with van der Waals surface area (Å²) in [6.45, 7) is 6.64. The summed E-state index contributed by atoms with van der Waals surface area (Å²) in [4.78, 5) is 27.9. The van der Waals surface area contributed by atoms with Gasteiger partial charge in [-0.1, -0.05) is 29.3 Å². The molecule has 0 fully saturated rings. The number of fused-ring (bicyclic) bond motifs is 1. The molecule has 0 saturated heterocycles. The van der Waals surface area contributed by atoms with Gasteiger partial charge >= 0.3 is 12.1 Å². The number of carbonyl (C=O) groups is 2. The number of aliphatic carboxylic acids is 1. The van der Waals surface area contributed by atoms with Gasteiger partial charge in [-0.3, -0.25) is 4.79 Å². The Kier molecular flexibility index (Phi) is 6.57. The maximum absolute atomic E-state index is 12.2. The standard InChI is InChI=1S/C22H23Cl2N3O5/c1-11-14(8-25-21(31)32-22(2,3)4)18(13-6-5-12(23)7-16(13)24)15-9-27(10-17(28)29)20(30)19(15)26-11/h5-7,9,30H,8,10H2,1-4H3,(H,25,31)(H,28,29). The number of aromatic nitrogens is 2. The zero-order chi connectivity index (χ0) is 23.8. The van der Waals surface area contributed by atoms with Crippen LogP contribution in [0.1, 0.15) is 32.0 Å². The number of halogens is 2. The van der Waals surface area contributed by atoms with Crippen molar-refractivity contribution in [2.45, 2.75) is 46.4 Å². The molecule has 0 saturated carbocycles. The van der Waals surface area contributed by atoms with E-state index in [9.17, 15) is 19.8 Å². The lowest BCUT2D eigenvalue weighted by Crippen LogP contribution is -2.32. The van der Waals surface area contributed by atoms with E-state index in [-0.39, 0.29) is 17.9 Å². The molecule has 0 radical (unpaired) electrons. The Hall–Kier alpha value is -2.97. The van der Waals surface area contributed by atoms with Crippen molar-refractivity contribution in [3.8, 4) is 17.0 Å². The van der Waals surface area contributed by atoms with Gasteiger partial charge in [-0.05, 0) is 39.8 Å². The Morgan fingerprint density at radius 1 is 1.25 bits per heavy atom. The van der Waals surface area contributed by atoms with Crippen molar-refractivity contribution in [3.05, 3.63) is 45.7 Å². The quantitative estimate of drug-likeness (QED) is 0.467. The van der Waals surface area contributed by atoms with Crippen molar-refractivity contribution in [2.75, 3.05) is 0 Å². The number of benzene rings is 1. The largest absolute Gasteiger partial charge is 0.493 e. The molecule has 1 aromatic carbocycles. The summed E-state index contributed by atoms with van der Waals surface area (Å²) in [5.74, 6) is -1.39. The third kappa shape index (κ3) is 5.08. The van der Waals surface area contributed by atoms with E-state index in [0.717, 1.165) is 0 Å². The maximum atomic E-state index is 12.2. The number of nitrogens with zero attached hydrogens (tertiary/aromatic N) is 2. The van der Waals surface area contributed by atoms with Gasteiger partial charge in [0, 0.05) is 50.6 Å². The smallest absolute Gasteiger partial charge is 0.407 e. The Morgan fingerprint density at radius 2 is 1.94 bits per heavy atom. The van der Waals surface area contributed by atoms with Gasteiger partial charge in [0.1, 0.15) is 17.7 Å². The normalized spacial score (nSPS) is 11.6. The zero-order valence-electron chi connectivity index (χ0n) is 18.0. The second-order valence-electron chi connectivity index (χ2n) is 8.27. The molecule has 3 rings (SSSR count). The van der Waals surface area contributed by atoms with Gasteiger partial charge in [0.2, 0.25) is 5.88 Å². The number of aromatic hydroxyl groups is 1. The Bertz CT molecular complexity index is 1210. The highest BCUT2D eigenvalue weighted by atomic mass is 35.5. The molecule has 2 aromatic heterocycles. The number of carboxylic acids is 1. The van der Waals surface area contributed by atoms with Crippen LogP contribution in [0.25, 0.3) is 22.0 Å². The van der Waals surface area contributed by atoms with E-state index in [0.29, 0.717) is 37.8 Å². The molecule has 0 aliphatic carbocycles. The first-order valence-electron chi connectivity index (χ1n) is 9.72. The molecule has 32 heavy (non-hydrogen) atoms. The molecule has 0 aliphatic heterocycles. The van der Waals surface area contributed by atoms with E-state index in [2.05, 4.69) is 10.3 Å². The molecule has 0 unspecified atom stereocenters. The second-order valence-corrected chi connectivity index (χ2v) is 9.11. The molecule has 2 heterocycles. The van der Waals surface area contributed by atoms with Crippen LogP contribution in [-0.4, -0.2) is 37.4 Å². The molecular weight excluding hydrogens is 457 g/mol. The number of carbonyl (C=O) groups excluding carboxylic acids is 1. The lowest BCUT2D eigenvalue weighted by Gasteiger charge is -2.21. The molecule has 8 nitrogen and oxygen atoms in total. The van der Waals surface area contributed by atoms with Gasteiger partial charge in [0.05, 0.1) is 0 Å². The number of pyridine rings is 1. The van der Waals surface area contributed by atoms with Crippen LogP contribution in [-0.2, 0) is 22.6 Å². The topological polar surface area (TPSA) is 114 Å². The van der Waals surface area contributed by atoms with Gasteiger partial charge in [-0.2, -0.15) is 0 Å². The fourth-order valence-electron chi connectivity index (χ4n) is 3.36. The highest BCUT2D eigenvalue weighted by Crippen LogP contribution is 2.41. The van der Waals surface area contributed by atoms with Crippen molar-refractivity contribution in [1.82, 2.24) is 14.9 Å². The van der Waals surface area contributed by atoms with E-state index >= 15 is 0 Å². The summed E-state index contributed by atoms with van der Waals surface area (Å²) < 4.78 is 6.51. The van der Waals surface area contributed by atoms with E-state index in [1.165, 1.54) is 10.8 Å². The molecule has 3 aromatic rings. The number of ether oxygens (including phenoxy) is 1. The van der Waals surface area contributed by atoms with Crippen molar-refractivity contribution >= 4 is 46.2 Å². The van der Waals surface area contributed by atoms with Gasteiger partial charge in [-0.25, -0.2) is 9.78 Å². The Balaban J connectivity index is 2.20. The molecule has 0 atom stereocenters. The van der Waals surface area contributed by atoms with Crippen molar-refractivity contribution in [2.24, 2.45) is 0 Å². The van der Waals surface area contributed by atoms with Crippen LogP contribution < -0.4 is 5.32 Å². The van der Waals surface area contributed by atoms with Crippen LogP contribution in [0.2, 0.25) is 10.0 Å². The number of hydrogen-bond acceptors (Lipinski definition) is 5. The number of aryl methyl sites for hydroxylation is 1. The number of rotatable bonds is 5. The molecule has 3 N–H and O–H groups in total. The van der Waals surface area contributed by atoms with E-state index in [1.54, 1.807) is 45.9 Å². The van der Waals surface area contributed by atoms with Crippen LogP contribution in [0.3, 0.4) is 0 Å². The molecule has 0 bridgehead atoms. The molecule has 10 heteroatoms. The fraction of sp³-hybridized carbons (Fsp3) is 0.318. The minimum Gasteiger partial charge on any atom is -0.493 e. The van der Waals surface area contributed by atoms with Gasteiger partial charge in [-0.15, -0.1) is 0 Å². The number of amides is 1. The zero-order valence-corrected chi connectivity index (χ0v) is 19.5. The predicted octanol–water partition coefficient (Wildman–Crippen LogP) is 5.13. The van der Waals surface area contributed by atoms with Crippen LogP contribution >= 0.6 is 23.2 Å². The maximum Gasteiger partial charge on any atom is 0.407 e. The minimum absolute atomic E-state index is 0.0723. The predicted molar refractivity (Wildman–Crippen MR) is 122 cm³/mol. The summed E-state index contributed by atoms with van der Waals surface area (Å²) in [5, 5.41) is 23.8. The first kappa shape index (κ1) is 23.7. The highest BCUT2D eigenvalue weighted by Gasteiger charge is 2.23. The average molecular weight is 480 g/mol. The first-order chi connectivity index (χ1) is 14.9. The van der Waals surface area contributed by atoms with Crippen molar-refractivity contribution in [3.63, 3.8) is 0 Å². The SMILES string of the molecule is Cc1nc2c(O)n(CC(=O)O)cc2c(-c2ccc(Cl)cc2Cl)c1CNC(=O)OC(C)(C)C. The molecule has 170 valence electrons. The molecule has 1 amide bonds. The first-order valence-corrected chi connectivity index (χ1v) is 10.5. The van der Waals surface area contributed by atoms with Crippen molar-refractivity contribution in [1.29, 1.82) is 0 Å². The lowest BCUT2D eigenvalue weighted by molar-refractivity contribution is -0.137. The van der Waals surface area contributed by atoms with Crippen molar-refractivity contribution < 1.29 is 24.5 Å². The fourth-order valence-corrected chi connectivity index (χ4v) is 3.87. The third-order valence-electron chi connectivity index (χ3n) is 4.63. The molecule has 0 aliphatic rings. The van der Waals surface area contributed by atoms with Gasteiger partial charge < -0.3 is 24.8 Å². The molecular formula is C22H23Cl2N3O5. The monoisotopic (exact) mass is 479 g/mol. The average Bonchev–Trinajstić information content (AvgIpc) is 2.94. The number of carboxylic acid groups (broad SMARTS) is 1. The summed E-state index contributed by atoms with van der Waals surface area (Å²) >= 11 is 12.6.